The predicted molar refractivity (Wildman–Crippen MR) is 91.1 cm³/mol. The van der Waals surface area contributed by atoms with Gasteiger partial charge in [-0.3, -0.25) is 10.1 Å². The van der Waals surface area contributed by atoms with Crippen LogP contribution >= 0.6 is 11.6 Å². The van der Waals surface area contributed by atoms with Gasteiger partial charge in [0.05, 0.1) is 17.1 Å². The molecular weight excluding hydrogens is 354 g/mol. The van der Waals surface area contributed by atoms with Crippen molar-refractivity contribution >= 4 is 29.3 Å². The molecule has 0 unspecified atom stereocenters. The van der Waals surface area contributed by atoms with Crippen molar-refractivity contribution < 1.29 is 29.8 Å². The predicted octanol–water partition coefficient (Wildman–Crippen LogP) is 3.45. The van der Waals surface area contributed by atoms with Crippen molar-refractivity contribution in [3.8, 4) is 17.2 Å². The fraction of sp³-hybridized carbons (Fsp3) is 0.0625. The molecule has 0 fully saturated rings. The van der Waals surface area contributed by atoms with E-state index in [0.717, 1.165) is 12.1 Å². The van der Waals surface area contributed by atoms with E-state index in [1.807, 2.05) is 0 Å². The van der Waals surface area contributed by atoms with Crippen molar-refractivity contribution in [2.24, 2.45) is 0 Å². The van der Waals surface area contributed by atoms with Crippen LogP contribution in [-0.4, -0.2) is 33.3 Å². The van der Waals surface area contributed by atoms with E-state index in [1.54, 1.807) is 12.1 Å². The number of carboxylic acid groups (broad SMARTS) is 1. The molecule has 0 heterocycles. The number of halogens is 1. The van der Waals surface area contributed by atoms with E-state index in [-0.39, 0.29) is 22.2 Å². The third kappa shape index (κ3) is 6.40. The minimum atomic E-state index is -1.02. The third-order valence-electron chi connectivity index (χ3n) is 2.76. The van der Waals surface area contributed by atoms with Gasteiger partial charge in [-0.15, -0.1) is 0 Å². The molecule has 0 saturated heterocycles. The Hall–Kier alpha value is -3.26. The van der Waals surface area contributed by atoms with Gasteiger partial charge < -0.3 is 20.1 Å². The van der Waals surface area contributed by atoms with Crippen LogP contribution in [0, 0.1) is 10.1 Å². The number of non-ortho nitro benzene ring substituents is 1. The van der Waals surface area contributed by atoms with Gasteiger partial charge in [0.15, 0.2) is 11.5 Å². The largest absolute Gasteiger partial charge is 0.506 e. The van der Waals surface area contributed by atoms with Crippen LogP contribution < -0.4 is 4.74 Å². The Morgan fingerprint density at radius 3 is 2.36 bits per heavy atom. The maximum atomic E-state index is 10.2. The quantitative estimate of drug-likeness (QED) is 0.428. The molecule has 0 aliphatic heterocycles. The van der Waals surface area contributed by atoms with Crippen molar-refractivity contribution in [1.82, 2.24) is 0 Å². The molecule has 3 N–H and O–H groups in total. The van der Waals surface area contributed by atoms with Crippen molar-refractivity contribution in [2.45, 2.75) is 0 Å². The van der Waals surface area contributed by atoms with Gasteiger partial charge in [-0.05, 0) is 29.8 Å². The number of phenolic OH excluding ortho intramolecular Hbond substituents is 2. The topological polar surface area (TPSA) is 130 Å². The first kappa shape index (κ1) is 19.8. The molecule has 0 spiro atoms. The first-order chi connectivity index (χ1) is 11.7. The number of nitrogens with zero attached hydrogens (tertiary/aromatic N) is 1. The lowest BCUT2D eigenvalue weighted by Crippen LogP contribution is -1.87. The van der Waals surface area contributed by atoms with Crippen LogP contribution in [0.15, 0.2) is 42.5 Å². The Labute approximate surface area is 147 Å². The summed E-state index contributed by atoms with van der Waals surface area (Å²) >= 11 is 5.40. The van der Waals surface area contributed by atoms with Crippen LogP contribution in [0.1, 0.15) is 5.56 Å². The second-order valence-electron chi connectivity index (χ2n) is 4.50. The highest BCUT2D eigenvalue weighted by atomic mass is 35.5. The summed E-state index contributed by atoms with van der Waals surface area (Å²) in [6, 6.07) is 8.05. The van der Waals surface area contributed by atoms with Gasteiger partial charge in [0.25, 0.3) is 5.69 Å². The average Bonchev–Trinajstić information content (AvgIpc) is 2.57. The lowest BCUT2D eigenvalue weighted by molar-refractivity contribution is -0.384. The van der Waals surface area contributed by atoms with Crippen LogP contribution in [0.25, 0.3) is 6.08 Å². The number of hydrogen-bond acceptors (Lipinski definition) is 6. The molecule has 2 rings (SSSR count). The van der Waals surface area contributed by atoms with Crippen LogP contribution in [0.4, 0.5) is 5.69 Å². The number of carboxylic acids is 1. The number of nitro benzene ring substituents is 1. The minimum absolute atomic E-state index is 0.0146. The zero-order chi connectivity index (χ0) is 19.0. The summed E-state index contributed by atoms with van der Waals surface area (Å²) in [6.07, 6.45) is 2.44. The van der Waals surface area contributed by atoms with E-state index in [4.69, 9.17) is 26.6 Å². The van der Waals surface area contributed by atoms with E-state index in [1.165, 1.54) is 31.4 Å². The molecule has 0 aliphatic rings. The molecule has 9 heteroatoms. The smallest absolute Gasteiger partial charge is 0.328 e. The van der Waals surface area contributed by atoms with Crippen molar-refractivity contribution in [3.05, 3.63) is 63.2 Å². The fourth-order valence-corrected chi connectivity index (χ4v) is 1.75. The molecule has 0 saturated carbocycles. The van der Waals surface area contributed by atoms with Gasteiger partial charge >= 0.3 is 5.97 Å². The Bertz CT molecular complexity index is 805. The number of carbonyl (C=O) groups is 1. The Morgan fingerprint density at radius 2 is 1.84 bits per heavy atom. The van der Waals surface area contributed by atoms with Crippen LogP contribution in [0.3, 0.4) is 0 Å². The molecule has 2 aromatic carbocycles. The lowest BCUT2D eigenvalue weighted by Gasteiger charge is -2.03. The number of phenols is 2. The van der Waals surface area contributed by atoms with Gasteiger partial charge in [0.1, 0.15) is 5.75 Å². The minimum Gasteiger partial charge on any atom is -0.506 e. The summed E-state index contributed by atoms with van der Waals surface area (Å²) in [5, 5.41) is 36.6. The monoisotopic (exact) mass is 367 g/mol. The number of hydrogen-bond donors (Lipinski definition) is 3. The molecule has 8 nitrogen and oxygen atoms in total. The SMILES string of the molecule is COc1cc(C=CC(=O)O)ccc1O.O=[N+]([O-])c1ccc(O)c(Cl)c1. The molecule has 0 aliphatic carbocycles. The van der Waals surface area contributed by atoms with E-state index >= 15 is 0 Å². The number of ether oxygens (including phenoxy) is 1. The van der Waals surface area contributed by atoms with Crippen molar-refractivity contribution in [2.75, 3.05) is 7.11 Å². The highest BCUT2D eigenvalue weighted by Gasteiger charge is 2.07. The highest BCUT2D eigenvalue weighted by molar-refractivity contribution is 6.32. The number of aromatic hydroxyl groups is 2. The molecule has 0 atom stereocenters. The van der Waals surface area contributed by atoms with E-state index in [2.05, 4.69) is 0 Å². The summed E-state index contributed by atoms with van der Waals surface area (Å²) in [5.41, 5.74) is 0.523. The standard InChI is InChI=1S/C10H10O4.C6H4ClNO3/c1-14-9-6-7(2-4-8(9)11)3-5-10(12)13;7-5-3-4(8(10)11)1-2-6(5)9/h2-6,11H,1H3,(H,12,13);1-3,9H. The molecule has 0 radical (unpaired) electrons. The number of aliphatic carboxylic acids is 1. The average molecular weight is 368 g/mol. The van der Waals surface area contributed by atoms with Crippen LogP contribution in [0.2, 0.25) is 5.02 Å². The van der Waals surface area contributed by atoms with Gasteiger partial charge in [-0.25, -0.2) is 4.79 Å². The molecule has 0 amide bonds. The van der Waals surface area contributed by atoms with Crippen LogP contribution in [-0.2, 0) is 4.79 Å². The van der Waals surface area contributed by atoms with Crippen molar-refractivity contribution in [1.29, 1.82) is 0 Å². The molecule has 0 aromatic heterocycles. The van der Waals surface area contributed by atoms with Gasteiger partial charge in [-0.1, -0.05) is 17.7 Å². The lowest BCUT2D eigenvalue weighted by atomic mass is 10.2. The van der Waals surface area contributed by atoms with Crippen LogP contribution in [0.5, 0.6) is 17.2 Å². The summed E-state index contributed by atoms with van der Waals surface area (Å²) in [7, 11) is 1.43. The maximum absolute atomic E-state index is 10.2. The Balaban J connectivity index is 0.000000257. The Morgan fingerprint density at radius 1 is 1.20 bits per heavy atom. The number of nitro groups is 1. The zero-order valence-corrected chi connectivity index (χ0v) is 13.7. The van der Waals surface area contributed by atoms with E-state index in [0.29, 0.717) is 11.3 Å². The second kappa shape index (κ2) is 9.14. The van der Waals surface area contributed by atoms with Gasteiger partial charge in [-0.2, -0.15) is 0 Å². The molecule has 25 heavy (non-hydrogen) atoms. The summed E-state index contributed by atoms with van der Waals surface area (Å²) in [4.78, 5) is 19.8. The summed E-state index contributed by atoms with van der Waals surface area (Å²) < 4.78 is 4.86. The first-order valence-electron chi connectivity index (χ1n) is 6.65. The van der Waals surface area contributed by atoms with Gasteiger partial charge in [0, 0.05) is 18.2 Å². The second-order valence-corrected chi connectivity index (χ2v) is 4.90. The third-order valence-corrected chi connectivity index (χ3v) is 3.07. The van der Waals surface area contributed by atoms with Crippen molar-refractivity contribution in [3.63, 3.8) is 0 Å². The summed E-state index contributed by atoms with van der Waals surface area (Å²) in [6.45, 7) is 0. The highest BCUT2D eigenvalue weighted by Crippen LogP contribution is 2.27. The molecule has 0 bridgehead atoms. The summed E-state index contributed by atoms with van der Waals surface area (Å²) in [5.74, 6) is -0.827. The molecule has 132 valence electrons. The first-order valence-corrected chi connectivity index (χ1v) is 7.03. The Kier molecular flexibility index (Phi) is 7.23. The molecular formula is C16H14ClNO7. The number of methoxy groups -OCH3 is 1. The zero-order valence-electron chi connectivity index (χ0n) is 12.9. The van der Waals surface area contributed by atoms with E-state index < -0.39 is 10.9 Å². The number of benzene rings is 2. The fourth-order valence-electron chi connectivity index (χ4n) is 1.57. The van der Waals surface area contributed by atoms with Gasteiger partial charge in [0.2, 0.25) is 0 Å². The number of rotatable bonds is 4. The molecule has 2 aromatic rings. The maximum Gasteiger partial charge on any atom is 0.328 e. The normalized spacial score (nSPS) is 10.0. The van der Waals surface area contributed by atoms with E-state index in [9.17, 15) is 20.0 Å².